The maximum Gasteiger partial charge on any atom is 0.508 e. The molecule has 0 atom stereocenters. The molecule has 0 saturated heterocycles. The lowest BCUT2D eigenvalue weighted by Crippen LogP contribution is -2.11. The van der Waals surface area contributed by atoms with Gasteiger partial charge in [0, 0.05) is 0 Å². The molecular formula is C8H17NO4. The summed E-state index contributed by atoms with van der Waals surface area (Å²) < 4.78 is 9.14. The van der Waals surface area contributed by atoms with Crippen molar-refractivity contribution in [3.05, 3.63) is 0 Å². The lowest BCUT2D eigenvalue weighted by atomic mass is 10.2. The molecule has 0 aromatic carbocycles. The van der Waals surface area contributed by atoms with Crippen LogP contribution in [0.25, 0.3) is 0 Å². The molecule has 0 fully saturated rings. The first kappa shape index (κ1) is 12.2. The SMILES string of the molecule is NCCCCCOC(=O)OCCO. The number of hydrogen-bond donors (Lipinski definition) is 2. The summed E-state index contributed by atoms with van der Waals surface area (Å²) in [5.41, 5.74) is 5.28. The highest BCUT2D eigenvalue weighted by Gasteiger charge is 2.01. The van der Waals surface area contributed by atoms with Crippen molar-refractivity contribution in [2.75, 3.05) is 26.4 Å². The molecule has 0 bridgehead atoms. The van der Waals surface area contributed by atoms with Crippen LogP contribution in [0.2, 0.25) is 0 Å². The minimum absolute atomic E-state index is 0.0123. The maximum absolute atomic E-state index is 10.7. The molecule has 13 heavy (non-hydrogen) atoms. The fourth-order valence-electron chi connectivity index (χ4n) is 0.749. The minimum atomic E-state index is -0.721. The van der Waals surface area contributed by atoms with E-state index in [1.54, 1.807) is 0 Å². The van der Waals surface area contributed by atoms with Crippen LogP contribution in [0.4, 0.5) is 4.79 Å². The number of unbranched alkanes of at least 4 members (excludes halogenated alkanes) is 2. The zero-order valence-corrected chi connectivity index (χ0v) is 7.70. The Morgan fingerprint density at radius 2 is 1.85 bits per heavy atom. The van der Waals surface area contributed by atoms with Gasteiger partial charge in [-0.3, -0.25) is 0 Å². The summed E-state index contributed by atoms with van der Waals surface area (Å²) >= 11 is 0. The second kappa shape index (κ2) is 9.28. The zero-order valence-electron chi connectivity index (χ0n) is 7.70. The molecule has 0 heterocycles. The summed E-state index contributed by atoms with van der Waals surface area (Å²) in [7, 11) is 0. The highest BCUT2D eigenvalue weighted by molar-refractivity contribution is 5.59. The van der Waals surface area contributed by atoms with Gasteiger partial charge in [-0.2, -0.15) is 0 Å². The van der Waals surface area contributed by atoms with Crippen molar-refractivity contribution >= 4 is 6.16 Å². The number of carbonyl (C=O) groups is 1. The Balaban J connectivity index is 3.08. The van der Waals surface area contributed by atoms with Gasteiger partial charge in [-0.25, -0.2) is 4.79 Å². The van der Waals surface area contributed by atoms with Crippen molar-refractivity contribution in [2.24, 2.45) is 5.73 Å². The van der Waals surface area contributed by atoms with Gasteiger partial charge in [-0.15, -0.1) is 0 Å². The predicted molar refractivity (Wildman–Crippen MR) is 47.3 cm³/mol. The van der Waals surface area contributed by atoms with E-state index < -0.39 is 6.16 Å². The van der Waals surface area contributed by atoms with E-state index in [9.17, 15) is 4.79 Å². The van der Waals surface area contributed by atoms with Gasteiger partial charge < -0.3 is 20.3 Å². The lowest BCUT2D eigenvalue weighted by molar-refractivity contribution is 0.0426. The van der Waals surface area contributed by atoms with E-state index in [0.717, 1.165) is 19.3 Å². The van der Waals surface area contributed by atoms with Gasteiger partial charge in [0.2, 0.25) is 0 Å². The van der Waals surface area contributed by atoms with E-state index in [2.05, 4.69) is 9.47 Å². The first-order valence-corrected chi connectivity index (χ1v) is 4.41. The number of carbonyl (C=O) groups excluding carboxylic acids is 1. The van der Waals surface area contributed by atoms with Crippen molar-refractivity contribution in [2.45, 2.75) is 19.3 Å². The Bertz CT molecular complexity index is 129. The van der Waals surface area contributed by atoms with Crippen molar-refractivity contribution < 1.29 is 19.4 Å². The molecule has 0 unspecified atom stereocenters. The second-order valence-corrected chi connectivity index (χ2v) is 2.52. The smallest absolute Gasteiger partial charge is 0.434 e. The van der Waals surface area contributed by atoms with Gasteiger partial charge in [0.1, 0.15) is 6.61 Å². The average Bonchev–Trinajstić information content (AvgIpc) is 2.14. The molecular weight excluding hydrogens is 174 g/mol. The lowest BCUT2D eigenvalue weighted by Gasteiger charge is -2.04. The third kappa shape index (κ3) is 9.10. The van der Waals surface area contributed by atoms with Crippen LogP contribution < -0.4 is 5.73 Å². The van der Waals surface area contributed by atoms with Gasteiger partial charge in [0.25, 0.3) is 0 Å². The second-order valence-electron chi connectivity index (χ2n) is 2.52. The Hall–Kier alpha value is -0.810. The number of hydrogen-bond acceptors (Lipinski definition) is 5. The fourth-order valence-corrected chi connectivity index (χ4v) is 0.749. The number of aliphatic hydroxyl groups excluding tert-OH is 1. The summed E-state index contributed by atoms with van der Waals surface area (Å²) in [5, 5.41) is 8.31. The monoisotopic (exact) mass is 191 g/mol. The molecule has 0 aromatic heterocycles. The quantitative estimate of drug-likeness (QED) is 0.445. The topological polar surface area (TPSA) is 81.8 Å². The molecule has 0 aromatic rings. The normalized spacial score (nSPS) is 9.69. The zero-order chi connectivity index (χ0) is 9.94. The van der Waals surface area contributed by atoms with Crippen molar-refractivity contribution in [3.63, 3.8) is 0 Å². The molecule has 78 valence electrons. The molecule has 0 radical (unpaired) electrons. The van der Waals surface area contributed by atoms with Crippen LogP contribution in [-0.4, -0.2) is 37.6 Å². The largest absolute Gasteiger partial charge is 0.508 e. The summed E-state index contributed by atoms with van der Waals surface area (Å²) in [4.78, 5) is 10.7. The minimum Gasteiger partial charge on any atom is -0.434 e. The Morgan fingerprint density at radius 3 is 2.46 bits per heavy atom. The molecule has 0 rings (SSSR count). The van der Waals surface area contributed by atoms with Crippen molar-refractivity contribution in [3.8, 4) is 0 Å². The van der Waals surface area contributed by atoms with Crippen LogP contribution in [0.15, 0.2) is 0 Å². The molecule has 5 heteroatoms. The van der Waals surface area contributed by atoms with Gasteiger partial charge in [0.15, 0.2) is 0 Å². The third-order valence-electron chi connectivity index (χ3n) is 1.38. The number of ether oxygens (including phenoxy) is 2. The number of rotatable bonds is 7. The molecule has 3 N–H and O–H groups in total. The van der Waals surface area contributed by atoms with E-state index >= 15 is 0 Å². The van der Waals surface area contributed by atoms with E-state index in [1.807, 2.05) is 0 Å². The fraction of sp³-hybridized carbons (Fsp3) is 0.875. The van der Waals surface area contributed by atoms with Crippen LogP contribution in [-0.2, 0) is 9.47 Å². The Morgan fingerprint density at radius 1 is 1.15 bits per heavy atom. The summed E-state index contributed by atoms with van der Waals surface area (Å²) in [6.07, 6.45) is 1.96. The van der Waals surface area contributed by atoms with Crippen LogP contribution in [0.1, 0.15) is 19.3 Å². The summed E-state index contributed by atoms with van der Waals surface area (Å²) in [6, 6.07) is 0. The van der Waals surface area contributed by atoms with E-state index in [-0.39, 0.29) is 13.2 Å². The highest BCUT2D eigenvalue weighted by atomic mass is 16.7. The molecule has 0 aliphatic rings. The molecule has 5 nitrogen and oxygen atoms in total. The maximum atomic E-state index is 10.7. The van der Waals surface area contributed by atoms with Gasteiger partial charge in [-0.05, 0) is 25.8 Å². The molecule has 0 aliphatic carbocycles. The highest BCUT2D eigenvalue weighted by Crippen LogP contribution is 1.95. The van der Waals surface area contributed by atoms with Crippen molar-refractivity contribution in [1.29, 1.82) is 0 Å². The third-order valence-corrected chi connectivity index (χ3v) is 1.38. The van der Waals surface area contributed by atoms with Crippen LogP contribution in [0, 0.1) is 0 Å². The van der Waals surface area contributed by atoms with Crippen molar-refractivity contribution in [1.82, 2.24) is 0 Å². The van der Waals surface area contributed by atoms with E-state index in [1.165, 1.54) is 0 Å². The van der Waals surface area contributed by atoms with Gasteiger partial charge in [-0.1, -0.05) is 0 Å². The average molecular weight is 191 g/mol. The standard InChI is InChI=1S/C8H17NO4/c9-4-2-1-3-6-12-8(11)13-7-5-10/h10H,1-7,9H2. The first-order chi connectivity index (χ1) is 6.31. The van der Waals surface area contributed by atoms with E-state index in [4.69, 9.17) is 10.8 Å². The summed E-state index contributed by atoms with van der Waals surface area (Å²) in [5.74, 6) is 0. The van der Waals surface area contributed by atoms with Crippen LogP contribution >= 0.6 is 0 Å². The Labute approximate surface area is 77.8 Å². The molecule has 0 spiro atoms. The van der Waals surface area contributed by atoms with E-state index in [0.29, 0.717) is 13.2 Å². The number of aliphatic hydroxyl groups is 1. The molecule has 0 amide bonds. The molecule has 0 aliphatic heterocycles. The van der Waals surface area contributed by atoms with Gasteiger partial charge in [0.05, 0.1) is 13.2 Å². The van der Waals surface area contributed by atoms with Crippen LogP contribution in [0.3, 0.4) is 0 Å². The number of nitrogens with two attached hydrogens (primary N) is 1. The van der Waals surface area contributed by atoms with Crippen LogP contribution in [0.5, 0.6) is 0 Å². The molecule has 0 saturated carbocycles. The predicted octanol–water partition coefficient (Wildman–Crippen LogP) is 0.261. The Kier molecular flexibility index (Phi) is 8.70. The van der Waals surface area contributed by atoms with Gasteiger partial charge >= 0.3 is 6.16 Å². The summed E-state index contributed by atoms with van der Waals surface area (Å²) in [6.45, 7) is 0.823. The first-order valence-electron chi connectivity index (χ1n) is 4.41.